The van der Waals surface area contributed by atoms with Gasteiger partial charge in [-0.15, -0.1) is 0 Å². The van der Waals surface area contributed by atoms with Crippen molar-refractivity contribution in [3.8, 4) is 11.3 Å². The maximum atomic E-state index is 12.8. The number of amides is 1. The van der Waals surface area contributed by atoms with E-state index in [0.717, 1.165) is 32.2 Å². The fourth-order valence-electron chi connectivity index (χ4n) is 2.66. The van der Waals surface area contributed by atoms with E-state index < -0.39 is 0 Å². The first-order valence-corrected chi connectivity index (χ1v) is 9.39. The minimum Gasteiger partial charge on any atom is -0.336 e. The van der Waals surface area contributed by atoms with Crippen LogP contribution < -0.4 is 0 Å². The summed E-state index contributed by atoms with van der Waals surface area (Å²) >= 11 is 2.28. The van der Waals surface area contributed by atoms with Crippen molar-refractivity contribution in [3.63, 3.8) is 0 Å². The second kappa shape index (κ2) is 7.47. The summed E-state index contributed by atoms with van der Waals surface area (Å²) in [5, 5.41) is 0.951. The van der Waals surface area contributed by atoms with Crippen LogP contribution in [0.5, 0.6) is 0 Å². The molecule has 0 saturated carbocycles. The molecule has 0 aliphatic carbocycles. The van der Waals surface area contributed by atoms with E-state index in [0.29, 0.717) is 0 Å². The number of para-hydroxylation sites is 1. The quantitative estimate of drug-likeness (QED) is 0.544. The van der Waals surface area contributed by atoms with Gasteiger partial charge in [-0.05, 0) is 54.1 Å². The molecular formula is C20H20IN3O. The molecule has 1 heterocycles. The maximum Gasteiger partial charge on any atom is 0.291 e. The molecule has 4 nitrogen and oxygen atoms in total. The number of carbonyl (C=O) groups excluding carboxylic acids is 1. The fourth-order valence-corrected chi connectivity index (χ4v) is 3.20. The summed E-state index contributed by atoms with van der Waals surface area (Å²) in [5.74, 6) is 0.0994. The van der Waals surface area contributed by atoms with Crippen molar-refractivity contribution >= 4 is 39.4 Å². The van der Waals surface area contributed by atoms with Gasteiger partial charge in [0, 0.05) is 27.6 Å². The highest BCUT2D eigenvalue weighted by Crippen LogP contribution is 2.27. The molecule has 1 amide bonds. The Morgan fingerprint density at radius 1 is 1.16 bits per heavy atom. The molecule has 5 heteroatoms. The Morgan fingerprint density at radius 3 is 2.64 bits per heavy atom. The molecule has 2 aromatic carbocycles. The lowest BCUT2D eigenvalue weighted by Crippen LogP contribution is -2.35. The molecule has 0 saturated heterocycles. The first kappa shape index (κ1) is 17.8. The van der Waals surface area contributed by atoms with Gasteiger partial charge in [0.2, 0.25) is 5.82 Å². The van der Waals surface area contributed by atoms with Crippen LogP contribution in [0.3, 0.4) is 0 Å². The number of fused-ring (bicyclic) bond motifs is 1. The number of carbonyl (C=O) groups is 1. The van der Waals surface area contributed by atoms with Gasteiger partial charge >= 0.3 is 0 Å². The number of rotatable bonds is 4. The van der Waals surface area contributed by atoms with Crippen LogP contribution in [0.15, 0.2) is 48.5 Å². The smallest absolute Gasteiger partial charge is 0.291 e. The molecule has 128 valence electrons. The van der Waals surface area contributed by atoms with Crippen LogP contribution in [0.4, 0.5) is 0 Å². The van der Waals surface area contributed by atoms with Crippen LogP contribution in [0.2, 0.25) is 0 Å². The molecule has 0 unspecified atom stereocenters. The molecular weight excluding hydrogens is 425 g/mol. The monoisotopic (exact) mass is 445 g/mol. The second-order valence-corrected chi connectivity index (χ2v) is 7.34. The Morgan fingerprint density at radius 2 is 1.92 bits per heavy atom. The molecule has 3 aromatic rings. The van der Waals surface area contributed by atoms with E-state index in [1.54, 1.807) is 11.9 Å². The predicted molar refractivity (Wildman–Crippen MR) is 110 cm³/mol. The molecule has 0 radical (unpaired) electrons. The van der Waals surface area contributed by atoms with Gasteiger partial charge in [-0.25, -0.2) is 9.97 Å². The van der Waals surface area contributed by atoms with E-state index in [2.05, 4.69) is 45.5 Å². The largest absolute Gasteiger partial charge is 0.336 e. The van der Waals surface area contributed by atoms with E-state index in [9.17, 15) is 4.79 Å². The number of aromatic nitrogens is 2. The van der Waals surface area contributed by atoms with Crippen LogP contribution in [-0.4, -0.2) is 33.9 Å². The van der Waals surface area contributed by atoms with Gasteiger partial charge in [0.15, 0.2) is 0 Å². The standard InChI is InChI=1S/C20H20IN3O/c1-4-13(2)24(3)20(25)19-22-17-11-6-5-10-16(17)18(23-19)14-8-7-9-15(21)12-14/h5-13H,4H2,1-3H3/t13-/m1/s1. The third-order valence-electron chi connectivity index (χ3n) is 4.46. The first-order chi connectivity index (χ1) is 12.0. The Balaban J connectivity index is 2.18. The highest BCUT2D eigenvalue weighted by atomic mass is 127. The molecule has 25 heavy (non-hydrogen) atoms. The third-order valence-corrected chi connectivity index (χ3v) is 5.14. The van der Waals surface area contributed by atoms with E-state index in [-0.39, 0.29) is 17.8 Å². The van der Waals surface area contributed by atoms with Gasteiger partial charge in [0.05, 0.1) is 11.2 Å². The second-order valence-electron chi connectivity index (χ2n) is 6.10. The lowest BCUT2D eigenvalue weighted by Gasteiger charge is -2.23. The molecule has 0 aliphatic rings. The Kier molecular flexibility index (Phi) is 5.32. The van der Waals surface area contributed by atoms with Crippen molar-refractivity contribution in [2.45, 2.75) is 26.3 Å². The topological polar surface area (TPSA) is 46.1 Å². The maximum absolute atomic E-state index is 12.8. The highest BCUT2D eigenvalue weighted by molar-refractivity contribution is 14.1. The van der Waals surface area contributed by atoms with E-state index in [1.807, 2.05) is 49.4 Å². The zero-order valence-corrected chi connectivity index (χ0v) is 16.7. The SMILES string of the molecule is CC[C@@H](C)N(C)C(=O)c1nc(-c2cccc(I)c2)c2ccccc2n1. The highest BCUT2D eigenvalue weighted by Gasteiger charge is 2.21. The zero-order chi connectivity index (χ0) is 18.0. The normalized spacial score (nSPS) is 12.2. The van der Waals surface area contributed by atoms with E-state index in [1.165, 1.54) is 0 Å². The molecule has 0 N–H and O–H groups in total. The Labute approximate surface area is 161 Å². The number of halogens is 1. The van der Waals surface area contributed by atoms with Crippen LogP contribution in [0, 0.1) is 3.57 Å². The number of benzene rings is 2. The van der Waals surface area contributed by atoms with Crippen molar-refractivity contribution in [3.05, 3.63) is 57.9 Å². The van der Waals surface area contributed by atoms with Gasteiger partial charge in [-0.1, -0.05) is 37.3 Å². The van der Waals surface area contributed by atoms with Gasteiger partial charge in [-0.3, -0.25) is 4.79 Å². The summed E-state index contributed by atoms with van der Waals surface area (Å²) in [5.41, 5.74) is 2.57. The molecule has 3 rings (SSSR count). The zero-order valence-electron chi connectivity index (χ0n) is 14.5. The number of hydrogen-bond donors (Lipinski definition) is 0. The molecule has 1 atom stereocenters. The average molecular weight is 445 g/mol. The number of nitrogens with zero attached hydrogens (tertiary/aromatic N) is 3. The Bertz CT molecular complexity index is 926. The minimum atomic E-state index is -0.146. The van der Waals surface area contributed by atoms with Crippen LogP contribution in [0.1, 0.15) is 30.9 Å². The van der Waals surface area contributed by atoms with Crippen LogP contribution >= 0.6 is 22.6 Å². The van der Waals surface area contributed by atoms with Gasteiger partial charge < -0.3 is 4.90 Å². The fraction of sp³-hybridized carbons (Fsp3) is 0.250. The summed E-state index contributed by atoms with van der Waals surface area (Å²) in [6.45, 7) is 4.09. The van der Waals surface area contributed by atoms with Crippen molar-refractivity contribution in [2.24, 2.45) is 0 Å². The predicted octanol–water partition coefficient (Wildman–Crippen LogP) is 4.77. The summed E-state index contributed by atoms with van der Waals surface area (Å²) in [6, 6.07) is 16.1. The summed E-state index contributed by atoms with van der Waals surface area (Å²) in [4.78, 5) is 23.7. The molecule has 0 fully saturated rings. The summed E-state index contributed by atoms with van der Waals surface area (Å²) < 4.78 is 1.13. The first-order valence-electron chi connectivity index (χ1n) is 8.31. The lowest BCUT2D eigenvalue weighted by molar-refractivity contribution is 0.0728. The summed E-state index contributed by atoms with van der Waals surface area (Å²) in [7, 11) is 1.81. The van der Waals surface area contributed by atoms with Crippen LogP contribution in [0.25, 0.3) is 22.2 Å². The van der Waals surface area contributed by atoms with Crippen molar-refractivity contribution in [2.75, 3.05) is 7.05 Å². The van der Waals surface area contributed by atoms with Crippen molar-refractivity contribution < 1.29 is 4.79 Å². The van der Waals surface area contributed by atoms with Crippen LogP contribution in [-0.2, 0) is 0 Å². The molecule has 0 aliphatic heterocycles. The van der Waals surface area contributed by atoms with Crippen molar-refractivity contribution in [1.29, 1.82) is 0 Å². The number of hydrogen-bond acceptors (Lipinski definition) is 3. The Hall–Kier alpha value is -2.02. The molecule has 1 aromatic heterocycles. The van der Waals surface area contributed by atoms with Gasteiger partial charge in [0.25, 0.3) is 5.91 Å². The lowest BCUT2D eigenvalue weighted by atomic mass is 10.1. The van der Waals surface area contributed by atoms with Crippen molar-refractivity contribution in [1.82, 2.24) is 14.9 Å². The average Bonchev–Trinajstić information content (AvgIpc) is 2.65. The minimum absolute atomic E-state index is 0.142. The van der Waals surface area contributed by atoms with Gasteiger partial charge in [0.1, 0.15) is 0 Å². The van der Waals surface area contributed by atoms with E-state index in [4.69, 9.17) is 0 Å². The molecule has 0 spiro atoms. The third kappa shape index (κ3) is 3.66. The van der Waals surface area contributed by atoms with E-state index >= 15 is 0 Å². The molecule has 0 bridgehead atoms. The van der Waals surface area contributed by atoms with Gasteiger partial charge in [-0.2, -0.15) is 0 Å². The summed E-state index contributed by atoms with van der Waals surface area (Å²) in [6.07, 6.45) is 0.888.